The maximum absolute atomic E-state index is 10.7. The van der Waals surface area contributed by atoms with Crippen LogP contribution in [-0.4, -0.2) is 14.9 Å². The molecule has 0 atom stereocenters. The molecule has 0 fully saturated rings. The van der Waals surface area contributed by atoms with Gasteiger partial charge in [0, 0.05) is 11.8 Å². The monoisotopic (exact) mass is 310 g/mol. The van der Waals surface area contributed by atoms with Crippen LogP contribution in [0.2, 0.25) is 0 Å². The van der Waals surface area contributed by atoms with Crippen LogP contribution >= 0.6 is 15.9 Å². The Morgan fingerprint density at radius 3 is 2.89 bits per heavy atom. The number of nitrogens with one attached hydrogen (secondary N) is 2. The fourth-order valence-corrected chi connectivity index (χ4v) is 2.05. The van der Waals surface area contributed by atoms with Gasteiger partial charge in [-0.05, 0) is 35.0 Å². The molecule has 7 heteroatoms. The lowest BCUT2D eigenvalue weighted by molar-refractivity contribution is -0.385. The van der Waals surface area contributed by atoms with Gasteiger partial charge in [0.05, 0.1) is 27.8 Å². The summed E-state index contributed by atoms with van der Waals surface area (Å²) in [6.07, 6.45) is 1.75. The van der Waals surface area contributed by atoms with E-state index in [1.807, 2.05) is 6.92 Å². The molecular weight excluding hydrogens is 300 g/mol. The molecule has 1 aromatic heterocycles. The quantitative estimate of drug-likeness (QED) is 0.671. The number of nitro benzene ring substituents is 1. The van der Waals surface area contributed by atoms with Gasteiger partial charge in [-0.25, -0.2) is 4.98 Å². The molecule has 0 radical (unpaired) electrons. The smallest absolute Gasteiger partial charge is 0.283 e. The van der Waals surface area contributed by atoms with Crippen molar-refractivity contribution in [3.05, 3.63) is 50.5 Å². The van der Waals surface area contributed by atoms with Crippen LogP contribution in [0.4, 0.5) is 11.4 Å². The highest BCUT2D eigenvalue weighted by atomic mass is 79.9. The SMILES string of the molecule is Cc1ncc(CNc2ccc([N+](=O)[O-])c(Br)c2)[nH]1. The number of rotatable bonds is 4. The van der Waals surface area contributed by atoms with Crippen LogP contribution in [0, 0.1) is 17.0 Å². The third kappa shape index (κ3) is 2.86. The van der Waals surface area contributed by atoms with Crippen molar-refractivity contribution in [3.8, 4) is 0 Å². The Hall–Kier alpha value is -1.89. The standard InChI is InChI=1S/C11H11BrN4O2/c1-7-13-5-9(15-7)6-14-8-2-3-11(16(17)18)10(12)4-8/h2-5,14H,6H2,1H3,(H,13,15). The number of benzene rings is 1. The Kier molecular flexibility index (Phi) is 3.61. The highest BCUT2D eigenvalue weighted by Crippen LogP contribution is 2.27. The van der Waals surface area contributed by atoms with E-state index in [0.717, 1.165) is 17.2 Å². The minimum Gasteiger partial charge on any atom is -0.379 e. The predicted molar refractivity (Wildman–Crippen MR) is 71.4 cm³/mol. The number of hydrogen-bond donors (Lipinski definition) is 2. The second-order valence-corrected chi connectivity index (χ2v) is 4.63. The molecule has 0 saturated carbocycles. The van der Waals surface area contributed by atoms with Gasteiger partial charge in [-0.1, -0.05) is 0 Å². The van der Waals surface area contributed by atoms with E-state index >= 15 is 0 Å². The van der Waals surface area contributed by atoms with Crippen molar-refractivity contribution in [2.75, 3.05) is 5.32 Å². The zero-order valence-electron chi connectivity index (χ0n) is 9.61. The van der Waals surface area contributed by atoms with Crippen molar-refractivity contribution in [2.24, 2.45) is 0 Å². The Labute approximate surface area is 112 Å². The summed E-state index contributed by atoms with van der Waals surface area (Å²) in [7, 11) is 0. The molecule has 0 aliphatic rings. The Morgan fingerprint density at radius 2 is 2.33 bits per heavy atom. The Balaban J connectivity index is 2.06. The van der Waals surface area contributed by atoms with Crippen LogP contribution in [0.25, 0.3) is 0 Å². The number of nitro groups is 1. The van der Waals surface area contributed by atoms with Gasteiger partial charge in [0.25, 0.3) is 5.69 Å². The number of aromatic nitrogens is 2. The third-order valence-corrected chi connectivity index (χ3v) is 3.02. The molecule has 0 aliphatic carbocycles. The van der Waals surface area contributed by atoms with E-state index in [2.05, 4.69) is 31.2 Å². The summed E-state index contributed by atoms with van der Waals surface area (Å²) in [5.41, 5.74) is 1.82. The summed E-state index contributed by atoms with van der Waals surface area (Å²) in [4.78, 5) is 17.4. The molecule has 94 valence electrons. The van der Waals surface area contributed by atoms with Gasteiger partial charge in [0.2, 0.25) is 0 Å². The van der Waals surface area contributed by atoms with E-state index in [1.54, 1.807) is 18.3 Å². The van der Waals surface area contributed by atoms with E-state index in [0.29, 0.717) is 11.0 Å². The second kappa shape index (κ2) is 5.18. The van der Waals surface area contributed by atoms with Crippen molar-refractivity contribution in [3.63, 3.8) is 0 Å². The molecule has 0 amide bonds. The summed E-state index contributed by atoms with van der Waals surface area (Å²) < 4.78 is 0.457. The summed E-state index contributed by atoms with van der Waals surface area (Å²) in [6.45, 7) is 2.47. The van der Waals surface area contributed by atoms with Crippen molar-refractivity contribution >= 4 is 27.3 Å². The third-order valence-electron chi connectivity index (χ3n) is 2.38. The molecule has 2 aromatic rings. The Bertz CT molecular complexity index is 582. The largest absolute Gasteiger partial charge is 0.379 e. The van der Waals surface area contributed by atoms with E-state index in [4.69, 9.17) is 0 Å². The van der Waals surface area contributed by atoms with Crippen LogP contribution in [-0.2, 0) is 6.54 Å². The molecule has 1 aromatic carbocycles. The normalized spacial score (nSPS) is 10.3. The van der Waals surface area contributed by atoms with E-state index in [9.17, 15) is 10.1 Å². The lowest BCUT2D eigenvalue weighted by Crippen LogP contribution is -2.00. The molecule has 18 heavy (non-hydrogen) atoms. The first kappa shape index (κ1) is 12.6. The summed E-state index contributed by atoms with van der Waals surface area (Å²) in [5, 5.41) is 13.8. The van der Waals surface area contributed by atoms with Gasteiger partial charge in [-0.15, -0.1) is 0 Å². The Morgan fingerprint density at radius 1 is 1.56 bits per heavy atom. The van der Waals surface area contributed by atoms with Crippen LogP contribution in [0.5, 0.6) is 0 Å². The first-order valence-electron chi connectivity index (χ1n) is 5.24. The minimum absolute atomic E-state index is 0.0536. The van der Waals surface area contributed by atoms with Crippen LogP contribution in [0.15, 0.2) is 28.9 Å². The van der Waals surface area contributed by atoms with Gasteiger partial charge < -0.3 is 10.3 Å². The molecule has 0 spiro atoms. The predicted octanol–water partition coefficient (Wildman–Crippen LogP) is 3.00. The van der Waals surface area contributed by atoms with E-state index < -0.39 is 4.92 Å². The number of imidazole rings is 1. The highest BCUT2D eigenvalue weighted by molar-refractivity contribution is 9.10. The molecular formula is C11H11BrN4O2. The first-order chi connectivity index (χ1) is 8.56. The van der Waals surface area contributed by atoms with E-state index in [-0.39, 0.29) is 5.69 Å². The van der Waals surface area contributed by atoms with Gasteiger partial charge >= 0.3 is 0 Å². The van der Waals surface area contributed by atoms with Crippen LogP contribution < -0.4 is 5.32 Å². The number of aryl methyl sites for hydroxylation is 1. The van der Waals surface area contributed by atoms with Gasteiger partial charge in [0.1, 0.15) is 5.82 Å². The number of anilines is 1. The average Bonchev–Trinajstić information content (AvgIpc) is 2.72. The molecule has 0 saturated heterocycles. The number of aromatic amines is 1. The number of H-pyrrole nitrogens is 1. The number of hydrogen-bond acceptors (Lipinski definition) is 4. The summed E-state index contributed by atoms with van der Waals surface area (Å²) >= 11 is 3.18. The maximum atomic E-state index is 10.7. The zero-order valence-corrected chi connectivity index (χ0v) is 11.2. The van der Waals surface area contributed by atoms with Crippen molar-refractivity contribution < 1.29 is 4.92 Å². The highest BCUT2D eigenvalue weighted by Gasteiger charge is 2.11. The van der Waals surface area contributed by atoms with Crippen molar-refractivity contribution in [1.82, 2.24) is 9.97 Å². The lowest BCUT2D eigenvalue weighted by Gasteiger charge is -2.05. The fraction of sp³-hybridized carbons (Fsp3) is 0.182. The first-order valence-corrected chi connectivity index (χ1v) is 6.04. The topological polar surface area (TPSA) is 83.8 Å². The van der Waals surface area contributed by atoms with Gasteiger partial charge in [-0.2, -0.15) is 0 Å². The van der Waals surface area contributed by atoms with Gasteiger partial charge in [-0.3, -0.25) is 10.1 Å². The zero-order chi connectivity index (χ0) is 13.1. The molecule has 6 nitrogen and oxygen atoms in total. The number of halogens is 1. The molecule has 1 heterocycles. The molecule has 0 unspecified atom stereocenters. The molecule has 2 N–H and O–H groups in total. The maximum Gasteiger partial charge on any atom is 0.283 e. The average molecular weight is 311 g/mol. The number of nitrogens with zero attached hydrogens (tertiary/aromatic N) is 2. The van der Waals surface area contributed by atoms with E-state index in [1.165, 1.54) is 6.07 Å². The van der Waals surface area contributed by atoms with Crippen LogP contribution in [0.1, 0.15) is 11.5 Å². The van der Waals surface area contributed by atoms with Crippen molar-refractivity contribution in [1.29, 1.82) is 0 Å². The molecule has 2 rings (SSSR count). The van der Waals surface area contributed by atoms with Crippen molar-refractivity contribution in [2.45, 2.75) is 13.5 Å². The molecule has 0 bridgehead atoms. The fourth-order valence-electron chi connectivity index (χ4n) is 1.52. The minimum atomic E-state index is -0.424. The van der Waals surface area contributed by atoms with Gasteiger partial charge in [0.15, 0.2) is 0 Å². The second-order valence-electron chi connectivity index (χ2n) is 3.77. The van der Waals surface area contributed by atoms with Crippen LogP contribution in [0.3, 0.4) is 0 Å². The lowest BCUT2D eigenvalue weighted by atomic mass is 10.3. The molecule has 0 aliphatic heterocycles. The summed E-state index contributed by atoms with van der Waals surface area (Å²) in [5.74, 6) is 0.858. The summed E-state index contributed by atoms with van der Waals surface area (Å²) in [6, 6.07) is 4.82.